The number of ether oxygens (including phenoxy) is 3. The van der Waals surface area contributed by atoms with Crippen molar-refractivity contribution in [2.24, 2.45) is 5.92 Å². The Morgan fingerprint density at radius 2 is 2.09 bits per heavy atom. The van der Waals surface area contributed by atoms with Crippen molar-refractivity contribution in [3.63, 3.8) is 0 Å². The number of carbonyl (C=O) groups is 1. The van der Waals surface area contributed by atoms with Crippen LogP contribution in [0, 0.1) is 5.92 Å². The average molecular weight is 506 g/mol. The predicted octanol–water partition coefficient (Wildman–Crippen LogP) is 2.92. The quantitative estimate of drug-likeness (QED) is 0.645. The number of aliphatic hydroxyl groups is 1. The summed E-state index contributed by atoms with van der Waals surface area (Å²) in [6, 6.07) is 7.38. The molecular weight excluding hydrogens is 478 g/mol. The number of pyridine rings is 1. The van der Waals surface area contributed by atoms with Crippen LogP contribution >= 0.6 is 15.9 Å². The molecule has 8 nitrogen and oxygen atoms in total. The third-order valence-electron chi connectivity index (χ3n) is 5.87. The van der Waals surface area contributed by atoms with Gasteiger partial charge in [0, 0.05) is 36.2 Å². The number of likely N-dealkylation sites (N-methyl/N-ethyl adjacent to an activating group) is 1. The zero-order chi connectivity index (χ0) is 22.8. The molecular formula is C23H28BrN3O5. The normalized spacial score (nSPS) is 21.1. The molecule has 0 saturated heterocycles. The Bertz CT molecular complexity index is 988. The molecule has 3 atom stereocenters. The molecule has 1 N–H and O–H groups in total. The lowest BCUT2D eigenvalue weighted by Crippen LogP contribution is -2.49. The molecule has 32 heavy (non-hydrogen) atoms. The number of aliphatic hydroxyl groups excluding tert-OH is 1. The summed E-state index contributed by atoms with van der Waals surface area (Å²) in [4.78, 5) is 21.5. The topological polar surface area (TPSA) is 84.4 Å². The van der Waals surface area contributed by atoms with E-state index in [-0.39, 0.29) is 37.4 Å². The van der Waals surface area contributed by atoms with Gasteiger partial charge >= 0.3 is 0 Å². The number of aromatic nitrogens is 1. The lowest BCUT2D eigenvalue weighted by molar-refractivity contribution is 0.0325. The number of rotatable bonds is 6. The number of fused-ring (bicyclic) bond motifs is 2. The fourth-order valence-corrected chi connectivity index (χ4v) is 4.35. The highest BCUT2D eigenvalue weighted by Crippen LogP contribution is 2.33. The molecule has 2 aliphatic rings. The van der Waals surface area contributed by atoms with E-state index < -0.39 is 0 Å². The summed E-state index contributed by atoms with van der Waals surface area (Å²) in [5, 5.41) is 9.72. The van der Waals surface area contributed by atoms with Gasteiger partial charge in [-0.2, -0.15) is 0 Å². The van der Waals surface area contributed by atoms with Crippen molar-refractivity contribution in [2.75, 3.05) is 33.5 Å². The first-order chi connectivity index (χ1) is 15.4. The van der Waals surface area contributed by atoms with E-state index in [1.807, 2.05) is 32.2 Å². The fraction of sp³-hybridized carbons (Fsp3) is 0.478. The summed E-state index contributed by atoms with van der Waals surface area (Å²) < 4.78 is 17.9. The number of halogens is 1. The maximum Gasteiger partial charge on any atom is 0.259 e. The highest BCUT2D eigenvalue weighted by Gasteiger charge is 2.34. The molecule has 172 valence electrons. The molecule has 0 spiro atoms. The zero-order valence-electron chi connectivity index (χ0n) is 18.5. The van der Waals surface area contributed by atoms with Crippen molar-refractivity contribution >= 4 is 21.8 Å². The van der Waals surface area contributed by atoms with Crippen molar-refractivity contribution in [1.29, 1.82) is 0 Å². The fourth-order valence-electron chi connectivity index (χ4n) is 4.02. The van der Waals surface area contributed by atoms with Crippen LogP contribution in [0.2, 0.25) is 0 Å². The maximum absolute atomic E-state index is 13.2. The van der Waals surface area contributed by atoms with Crippen molar-refractivity contribution in [1.82, 2.24) is 14.8 Å². The van der Waals surface area contributed by atoms with E-state index in [0.717, 1.165) is 17.1 Å². The Labute approximate surface area is 196 Å². The van der Waals surface area contributed by atoms with Crippen LogP contribution in [0.15, 0.2) is 34.9 Å². The SMILES string of the molecule is C[C@H]1CN([C@@H](C)CO)C(=O)c2cc(Br)cnc2O[C@H]1CN(C)Cc1ccc2c(c1)OCO2. The van der Waals surface area contributed by atoms with Gasteiger partial charge in [0.05, 0.1) is 12.6 Å². The Hall–Kier alpha value is -2.36. The minimum absolute atomic E-state index is 0.0331. The van der Waals surface area contributed by atoms with Crippen molar-refractivity contribution < 1.29 is 24.1 Å². The van der Waals surface area contributed by atoms with Gasteiger partial charge in [0.15, 0.2) is 11.5 Å². The van der Waals surface area contributed by atoms with Gasteiger partial charge in [-0.3, -0.25) is 9.69 Å². The van der Waals surface area contributed by atoms with Gasteiger partial charge in [0.1, 0.15) is 11.7 Å². The highest BCUT2D eigenvalue weighted by molar-refractivity contribution is 9.10. The summed E-state index contributed by atoms with van der Waals surface area (Å²) in [6.45, 7) is 5.89. The summed E-state index contributed by atoms with van der Waals surface area (Å²) in [6.07, 6.45) is 1.44. The van der Waals surface area contributed by atoms with Crippen LogP contribution in [0.4, 0.5) is 0 Å². The molecule has 0 aliphatic carbocycles. The van der Waals surface area contributed by atoms with Crippen LogP contribution in [0.25, 0.3) is 0 Å². The summed E-state index contributed by atoms with van der Waals surface area (Å²) in [7, 11) is 2.04. The third kappa shape index (κ3) is 4.84. The van der Waals surface area contributed by atoms with E-state index in [2.05, 4.69) is 32.7 Å². The number of carbonyl (C=O) groups excluding carboxylic acids is 1. The Morgan fingerprint density at radius 1 is 1.31 bits per heavy atom. The molecule has 2 aromatic rings. The number of amides is 1. The minimum Gasteiger partial charge on any atom is -0.472 e. The molecule has 1 aromatic heterocycles. The molecule has 9 heteroatoms. The number of hydrogen-bond donors (Lipinski definition) is 1. The van der Waals surface area contributed by atoms with Crippen LogP contribution in [0.1, 0.15) is 29.8 Å². The highest BCUT2D eigenvalue weighted by atomic mass is 79.9. The second-order valence-corrected chi connectivity index (χ2v) is 9.43. The van der Waals surface area contributed by atoms with E-state index >= 15 is 0 Å². The second kappa shape index (κ2) is 9.64. The van der Waals surface area contributed by atoms with E-state index in [0.29, 0.717) is 35.6 Å². The molecule has 0 saturated carbocycles. The third-order valence-corrected chi connectivity index (χ3v) is 6.30. The van der Waals surface area contributed by atoms with Gasteiger partial charge < -0.3 is 24.2 Å². The molecule has 1 aromatic carbocycles. The summed E-state index contributed by atoms with van der Waals surface area (Å²) in [5.74, 6) is 1.70. The first kappa shape index (κ1) is 22.8. The molecule has 0 unspecified atom stereocenters. The zero-order valence-corrected chi connectivity index (χ0v) is 20.0. The Morgan fingerprint density at radius 3 is 2.88 bits per heavy atom. The molecule has 1 amide bonds. The van der Waals surface area contributed by atoms with E-state index in [9.17, 15) is 9.90 Å². The molecule has 4 rings (SSSR count). The van der Waals surface area contributed by atoms with Crippen LogP contribution < -0.4 is 14.2 Å². The second-order valence-electron chi connectivity index (χ2n) is 8.51. The average Bonchev–Trinajstić information content (AvgIpc) is 3.24. The van der Waals surface area contributed by atoms with Crippen molar-refractivity contribution in [3.8, 4) is 17.4 Å². The van der Waals surface area contributed by atoms with Crippen molar-refractivity contribution in [3.05, 3.63) is 46.1 Å². The van der Waals surface area contributed by atoms with Gasteiger partial charge in [-0.1, -0.05) is 13.0 Å². The Balaban J connectivity index is 1.54. The molecule has 0 radical (unpaired) electrons. The number of benzene rings is 1. The Kier molecular flexibility index (Phi) is 6.88. The van der Waals surface area contributed by atoms with Crippen LogP contribution in [-0.2, 0) is 6.54 Å². The number of hydrogen-bond acceptors (Lipinski definition) is 7. The molecule has 2 aliphatic heterocycles. The number of nitrogens with zero attached hydrogens (tertiary/aromatic N) is 3. The summed E-state index contributed by atoms with van der Waals surface area (Å²) in [5.41, 5.74) is 1.51. The lowest BCUT2D eigenvalue weighted by Gasteiger charge is -2.37. The summed E-state index contributed by atoms with van der Waals surface area (Å²) >= 11 is 3.40. The van der Waals surface area contributed by atoms with E-state index in [4.69, 9.17) is 14.2 Å². The van der Waals surface area contributed by atoms with Gasteiger partial charge in [-0.15, -0.1) is 0 Å². The molecule has 3 heterocycles. The molecule has 0 fully saturated rings. The van der Waals surface area contributed by atoms with E-state index in [1.165, 1.54) is 0 Å². The van der Waals surface area contributed by atoms with Gasteiger partial charge in [-0.05, 0) is 53.7 Å². The molecule has 0 bridgehead atoms. The van der Waals surface area contributed by atoms with Gasteiger partial charge in [0.2, 0.25) is 12.7 Å². The van der Waals surface area contributed by atoms with Gasteiger partial charge in [-0.25, -0.2) is 4.98 Å². The van der Waals surface area contributed by atoms with Crippen LogP contribution in [0.5, 0.6) is 17.4 Å². The monoisotopic (exact) mass is 505 g/mol. The predicted molar refractivity (Wildman–Crippen MR) is 122 cm³/mol. The lowest BCUT2D eigenvalue weighted by atomic mass is 10.00. The van der Waals surface area contributed by atoms with E-state index in [1.54, 1.807) is 17.2 Å². The first-order valence-corrected chi connectivity index (χ1v) is 11.5. The van der Waals surface area contributed by atoms with Gasteiger partial charge in [0.25, 0.3) is 5.91 Å². The van der Waals surface area contributed by atoms with Crippen LogP contribution in [0.3, 0.4) is 0 Å². The first-order valence-electron chi connectivity index (χ1n) is 10.7. The van der Waals surface area contributed by atoms with Crippen LogP contribution in [-0.4, -0.2) is 71.5 Å². The maximum atomic E-state index is 13.2. The minimum atomic E-state index is -0.304. The largest absolute Gasteiger partial charge is 0.472 e. The standard InChI is InChI=1S/C23H28BrN3O5/c1-14-9-27(15(2)12-28)23(29)18-7-17(24)8-25-22(18)32-21(14)11-26(3)10-16-4-5-19-20(6-16)31-13-30-19/h4-8,14-15,21,28H,9-13H2,1-3H3/t14-,15-,21-/m0/s1. The smallest absolute Gasteiger partial charge is 0.259 e. The van der Waals surface area contributed by atoms with Crippen molar-refractivity contribution in [2.45, 2.75) is 32.5 Å².